The van der Waals surface area contributed by atoms with Gasteiger partial charge in [-0.3, -0.25) is 14.6 Å². The van der Waals surface area contributed by atoms with E-state index in [0.717, 1.165) is 35.0 Å². The standard InChI is InChI=1S/C35H30N6O2/c1-40-26-15-23-21-10-4-6-12-25(21)39-33(23)34(40)27-16-22-20-9-3-5-11-24(20)38-32(22)29(41(27)28(26)17-36)18-37-35(42)31-14-19-8-2-7-13-30(19)43-31/h2-14,26-29,34,38-39H,15-16,18H2,1H3,(H,37,42)/t26-,27-,28-,29-,34-/m0/s1. The summed E-state index contributed by atoms with van der Waals surface area (Å²) in [6, 6.07) is 28.7. The van der Waals surface area contributed by atoms with Crippen molar-refractivity contribution in [3.05, 3.63) is 107 Å². The molecule has 5 atom stereocenters. The molecule has 212 valence electrons. The van der Waals surface area contributed by atoms with Gasteiger partial charge in [-0.2, -0.15) is 5.26 Å². The average Bonchev–Trinajstić information content (AvgIpc) is 3.73. The number of fused-ring (bicyclic) bond motifs is 12. The highest BCUT2D eigenvalue weighted by atomic mass is 16.3. The van der Waals surface area contributed by atoms with Crippen LogP contribution in [-0.4, -0.2) is 57.4 Å². The van der Waals surface area contributed by atoms with E-state index in [1.165, 1.54) is 27.6 Å². The third-order valence-corrected chi connectivity index (χ3v) is 10.1. The quantitative estimate of drug-likeness (QED) is 0.259. The van der Waals surface area contributed by atoms with Crippen LogP contribution in [0.5, 0.6) is 0 Å². The largest absolute Gasteiger partial charge is 0.451 e. The summed E-state index contributed by atoms with van der Waals surface area (Å²) in [7, 11) is 2.18. The number of nitrogens with zero attached hydrogens (tertiary/aromatic N) is 3. The van der Waals surface area contributed by atoms with E-state index in [4.69, 9.17) is 4.42 Å². The van der Waals surface area contributed by atoms with Crippen molar-refractivity contribution < 1.29 is 9.21 Å². The van der Waals surface area contributed by atoms with E-state index in [1.807, 2.05) is 30.3 Å². The molecule has 0 aliphatic carbocycles. The Labute approximate surface area is 247 Å². The maximum Gasteiger partial charge on any atom is 0.287 e. The highest BCUT2D eigenvalue weighted by molar-refractivity contribution is 5.96. The van der Waals surface area contributed by atoms with Crippen molar-refractivity contribution in [3.63, 3.8) is 0 Å². The van der Waals surface area contributed by atoms with Gasteiger partial charge < -0.3 is 19.7 Å². The molecule has 1 fully saturated rings. The molecule has 0 spiro atoms. The zero-order valence-corrected chi connectivity index (χ0v) is 23.7. The lowest BCUT2D eigenvalue weighted by Gasteiger charge is -2.58. The van der Waals surface area contributed by atoms with Crippen molar-refractivity contribution in [2.75, 3.05) is 13.6 Å². The third kappa shape index (κ3) is 3.46. The number of carbonyl (C=O) groups excluding carboxylic acids is 1. The summed E-state index contributed by atoms with van der Waals surface area (Å²) in [5.74, 6) is 0.0388. The number of benzene rings is 3. The molecule has 43 heavy (non-hydrogen) atoms. The van der Waals surface area contributed by atoms with Gasteiger partial charge in [-0.05, 0) is 55.3 Å². The number of amides is 1. The van der Waals surface area contributed by atoms with Gasteiger partial charge in [-0.1, -0.05) is 54.6 Å². The normalized spacial score (nSPS) is 24.9. The molecule has 0 saturated carbocycles. The monoisotopic (exact) mass is 566 g/mol. The third-order valence-electron chi connectivity index (χ3n) is 10.1. The summed E-state index contributed by atoms with van der Waals surface area (Å²) in [5, 5.41) is 17.3. The maximum atomic E-state index is 13.5. The summed E-state index contributed by atoms with van der Waals surface area (Å²) in [6.07, 6.45) is 1.60. The second-order valence-electron chi connectivity index (χ2n) is 12.2. The predicted octanol–water partition coefficient (Wildman–Crippen LogP) is 5.60. The van der Waals surface area contributed by atoms with Crippen LogP contribution in [0.1, 0.15) is 45.2 Å². The van der Waals surface area contributed by atoms with Crippen LogP contribution >= 0.6 is 0 Å². The van der Waals surface area contributed by atoms with Crippen molar-refractivity contribution in [1.82, 2.24) is 25.1 Å². The van der Waals surface area contributed by atoms with Gasteiger partial charge in [0.2, 0.25) is 0 Å². The van der Waals surface area contributed by atoms with Gasteiger partial charge in [0, 0.05) is 57.2 Å². The molecule has 6 aromatic rings. The van der Waals surface area contributed by atoms with Crippen LogP contribution in [0.4, 0.5) is 0 Å². The van der Waals surface area contributed by atoms with Crippen LogP contribution in [-0.2, 0) is 12.8 Å². The van der Waals surface area contributed by atoms with Crippen LogP contribution < -0.4 is 5.32 Å². The first-order chi connectivity index (χ1) is 21.1. The topological polar surface area (TPSA) is 104 Å². The average molecular weight is 567 g/mol. The predicted molar refractivity (Wildman–Crippen MR) is 165 cm³/mol. The molecule has 3 aromatic carbocycles. The summed E-state index contributed by atoms with van der Waals surface area (Å²) in [4.78, 5) is 25.8. The Bertz CT molecular complexity index is 2080. The Morgan fingerprint density at radius 3 is 2.33 bits per heavy atom. The number of furan rings is 1. The first kappa shape index (κ1) is 24.7. The van der Waals surface area contributed by atoms with E-state index < -0.39 is 0 Å². The van der Waals surface area contributed by atoms with Gasteiger partial charge in [-0.15, -0.1) is 0 Å². The molecule has 3 aliphatic rings. The van der Waals surface area contributed by atoms with E-state index in [0.29, 0.717) is 17.9 Å². The maximum absolute atomic E-state index is 13.5. The Morgan fingerprint density at radius 1 is 0.930 bits per heavy atom. The number of rotatable bonds is 3. The second-order valence-corrected chi connectivity index (χ2v) is 12.2. The number of hydrogen-bond acceptors (Lipinski definition) is 5. The number of aromatic amines is 2. The summed E-state index contributed by atoms with van der Waals surface area (Å²) in [5.41, 5.74) is 7.86. The summed E-state index contributed by atoms with van der Waals surface area (Å²) in [6.45, 7) is 0.354. The van der Waals surface area contributed by atoms with Crippen molar-refractivity contribution >= 4 is 38.7 Å². The second kappa shape index (κ2) is 9.08. The first-order valence-corrected chi connectivity index (χ1v) is 15.0. The van der Waals surface area contributed by atoms with Gasteiger partial charge in [0.15, 0.2) is 5.76 Å². The lowest BCUT2D eigenvalue weighted by atomic mass is 9.75. The lowest BCUT2D eigenvalue weighted by Crippen LogP contribution is -2.68. The fourth-order valence-electron chi connectivity index (χ4n) is 8.28. The number of nitriles is 1. The van der Waals surface area contributed by atoms with Crippen LogP contribution in [0.2, 0.25) is 0 Å². The number of piperazine rings is 1. The highest BCUT2D eigenvalue weighted by Crippen LogP contribution is 2.51. The van der Waals surface area contributed by atoms with Crippen molar-refractivity contribution in [2.45, 2.75) is 43.1 Å². The fraction of sp³-hybridized carbons (Fsp3) is 0.257. The van der Waals surface area contributed by atoms with Crippen LogP contribution in [0.15, 0.2) is 83.3 Å². The first-order valence-electron chi connectivity index (χ1n) is 15.0. The van der Waals surface area contributed by atoms with E-state index in [2.05, 4.69) is 80.7 Å². The SMILES string of the molecule is CN1[C@@H]2c3[nH]c4ccccc4c3C[C@H]1[C@H](C#N)N1[C@@H](CNC(=O)c3cc4ccccc4o3)c3[nH]c4ccccc4c3C[C@@H]21. The molecular weight excluding hydrogens is 536 g/mol. The molecular formula is C35H30N6O2. The lowest BCUT2D eigenvalue weighted by molar-refractivity contribution is -0.0722. The number of H-pyrrole nitrogens is 2. The molecule has 1 amide bonds. The molecule has 8 nitrogen and oxygen atoms in total. The molecule has 6 heterocycles. The number of aromatic nitrogens is 2. The molecule has 8 heteroatoms. The molecule has 0 radical (unpaired) electrons. The number of likely N-dealkylation sites (N-methyl/N-ethyl adjacent to an activating group) is 1. The molecule has 3 aromatic heterocycles. The van der Waals surface area contributed by atoms with Gasteiger partial charge >= 0.3 is 0 Å². The van der Waals surface area contributed by atoms with Crippen molar-refractivity contribution in [1.29, 1.82) is 5.26 Å². The van der Waals surface area contributed by atoms with Crippen molar-refractivity contribution in [3.8, 4) is 6.07 Å². The van der Waals surface area contributed by atoms with E-state index >= 15 is 0 Å². The van der Waals surface area contributed by atoms with E-state index in [9.17, 15) is 10.1 Å². The molecule has 1 saturated heterocycles. The molecule has 2 bridgehead atoms. The fourth-order valence-corrected chi connectivity index (χ4v) is 8.28. The van der Waals surface area contributed by atoms with Gasteiger partial charge in [0.1, 0.15) is 11.6 Å². The zero-order chi connectivity index (χ0) is 28.8. The summed E-state index contributed by atoms with van der Waals surface area (Å²) < 4.78 is 5.88. The van der Waals surface area contributed by atoms with Crippen LogP contribution in [0, 0.1) is 11.3 Å². The minimum atomic E-state index is -0.347. The molecule has 0 unspecified atom stereocenters. The molecule has 9 rings (SSSR count). The number of para-hydroxylation sites is 3. The number of hydrogen-bond donors (Lipinski definition) is 3. The van der Waals surface area contributed by atoms with Crippen LogP contribution in [0.3, 0.4) is 0 Å². The van der Waals surface area contributed by atoms with E-state index in [-0.39, 0.29) is 36.1 Å². The minimum absolute atomic E-state index is 0.0254. The smallest absolute Gasteiger partial charge is 0.287 e. The Balaban J connectivity index is 1.16. The minimum Gasteiger partial charge on any atom is -0.451 e. The zero-order valence-electron chi connectivity index (χ0n) is 23.7. The molecule has 3 aliphatic heterocycles. The van der Waals surface area contributed by atoms with Gasteiger partial charge in [0.25, 0.3) is 5.91 Å². The number of nitrogens with one attached hydrogen (secondary N) is 3. The van der Waals surface area contributed by atoms with E-state index in [1.54, 1.807) is 6.07 Å². The Morgan fingerprint density at radius 2 is 1.58 bits per heavy atom. The Hall–Kier alpha value is -4.84. The van der Waals surface area contributed by atoms with Crippen molar-refractivity contribution in [2.24, 2.45) is 0 Å². The Kier molecular flexibility index (Phi) is 5.22. The van der Waals surface area contributed by atoms with Gasteiger partial charge in [0.05, 0.1) is 18.2 Å². The highest BCUT2D eigenvalue weighted by Gasteiger charge is 2.55. The van der Waals surface area contributed by atoms with Crippen LogP contribution in [0.25, 0.3) is 32.8 Å². The molecule has 3 N–H and O–H groups in total. The van der Waals surface area contributed by atoms with Gasteiger partial charge in [-0.25, -0.2) is 0 Å². The summed E-state index contributed by atoms with van der Waals surface area (Å²) >= 11 is 0. The number of carbonyl (C=O) groups is 1.